The van der Waals surface area contributed by atoms with Gasteiger partial charge in [-0.15, -0.1) is 0 Å². The highest BCUT2D eigenvalue weighted by Gasteiger charge is 2.21. The fourth-order valence-electron chi connectivity index (χ4n) is 1.69. The van der Waals surface area contributed by atoms with Crippen LogP contribution in [0.5, 0.6) is 0 Å². The minimum absolute atomic E-state index is 0.0554. The van der Waals surface area contributed by atoms with Crippen LogP contribution in [0.15, 0.2) is 24.3 Å². The second kappa shape index (κ2) is 5.96. The molecule has 0 spiro atoms. The Hall–Kier alpha value is -1.42. The lowest BCUT2D eigenvalue weighted by Crippen LogP contribution is -2.38. The third kappa shape index (κ3) is 4.45. The highest BCUT2D eigenvalue weighted by atomic mass is 19.1. The Morgan fingerprint density at radius 3 is 2.44 bits per heavy atom. The lowest BCUT2D eigenvalue weighted by Gasteiger charge is -2.26. The smallest absolute Gasteiger partial charge is 0.221 e. The summed E-state index contributed by atoms with van der Waals surface area (Å²) in [6.45, 7) is 6.31. The number of carbonyl (C=O) groups excluding carboxylic acids is 1. The molecule has 0 aliphatic carbocycles. The fourth-order valence-corrected chi connectivity index (χ4v) is 1.69. The van der Waals surface area contributed by atoms with E-state index >= 15 is 0 Å². The molecule has 1 unspecified atom stereocenters. The summed E-state index contributed by atoms with van der Waals surface area (Å²) in [6.07, 6.45) is 0.319. The van der Waals surface area contributed by atoms with Crippen molar-refractivity contribution in [2.45, 2.75) is 38.6 Å². The summed E-state index contributed by atoms with van der Waals surface area (Å²) in [7, 11) is 0. The van der Waals surface area contributed by atoms with Gasteiger partial charge >= 0.3 is 0 Å². The van der Waals surface area contributed by atoms with E-state index in [0.29, 0.717) is 13.0 Å². The van der Waals surface area contributed by atoms with E-state index in [9.17, 15) is 9.18 Å². The molecule has 1 rings (SSSR count). The maximum Gasteiger partial charge on any atom is 0.221 e. The van der Waals surface area contributed by atoms with Crippen molar-refractivity contribution in [3.8, 4) is 0 Å². The van der Waals surface area contributed by atoms with Crippen LogP contribution in [0.4, 0.5) is 4.39 Å². The maximum absolute atomic E-state index is 12.8. The van der Waals surface area contributed by atoms with E-state index in [1.54, 1.807) is 19.1 Å². The van der Waals surface area contributed by atoms with Crippen LogP contribution < -0.4 is 11.1 Å². The van der Waals surface area contributed by atoms with Gasteiger partial charge in [0.1, 0.15) is 5.82 Å². The van der Waals surface area contributed by atoms with Crippen molar-refractivity contribution in [1.29, 1.82) is 0 Å². The van der Waals surface area contributed by atoms with Crippen molar-refractivity contribution in [1.82, 2.24) is 5.32 Å². The van der Waals surface area contributed by atoms with Crippen LogP contribution in [0.25, 0.3) is 0 Å². The SMILES string of the molecule is CC(N)CC(=O)NCC(C)(C)c1ccc(F)cc1. The second-order valence-electron chi connectivity index (χ2n) is 5.35. The second-order valence-corrected chi connectivity index (χ2v) is 5.35. The van der Waals surface area contributed by atoms with Crippen molar-refractivity contribution >= 4 is 5.91 Å². The van der Waals surface area contributed by atoms with Crippen LogP contribution in [0, 0.1) is 5.82 Å². The minimum Gasteiger partial charge on any atom is -0.355 e. The predicted molar refractivity (Wildman–Crippen MR) is 70.7 cm³/mol. The van der Waals surface area contributed by atoms with Crippen molar-refractivity contribution in [2.24, 2.45) is 5.73 Å². The maximum atomic E-state index is 12.8. The first-order chi connectivity index (χ1) is 8.31. The third-order valence-electron chi connectivity index (χ3n) is 2.86. The number of nitrogens with one attached hydrogen (secondary N) is 1. The molecule has 0 saturated carbocycles. The van der Waals surface area contributed by atoms with Crippen LogP contribution in [0.3, 0.4) is 0 Å². The molecule has 1 aromatic rings. The summed E-state index contributed by atoms with van der Waals surface area (Å²) in [4.78, 5) is 11.5. The molecule has 1 atom stereocenters. The Kier molecular flexibility index (Phi) is 4.84. The van der Waals surface area contributed by atoms with E-state index in [1.165, 1.54) is 12.1 Å². The molecule has 0 bridgehead atoms. The molecule has 1 amide bonds. The topological polar surface area (TPSA) is 55.1 Å². The molecule has 4 heteroatoms. The molecule has 0 aromatic heterocycles. The molecule has 0 fully saturated rings. The number of nitrogens with two attached hydrogens (primary N) is 1. The molecule has 0 heterocycles. The van der Waals surface area contributed by atoms with E-state index in [4.69, 9.17) is 5.73 Å². The number of hydrogen-bond donors (Lipinski definition) is 2. The molecule has 100 valence electrons. The Bertz CT molecular complexity index is 399. The Morgan fingerprint density at radius 2 is 1.94 bits per heavy atom. The average Bonchev–Trinajstić information content (AvgIpc) is 2.26. The first-order valence-electron chi connectivity index (χ1n) is 6.09. The van der Waals surface area contributed by atoms with Gasteiger partial charge in [-0.1, -0.05) is 26.0 Å². The van der Waals surface area contributed by atoms with Gasteiger partial charge in [0.05, 0.1) is 0 Å². The molecule has 3 nitrogen and oxygen atoms in total. The zero-order valence-corrected chi connectivity index (χ0v) is 11.2. The van der Waals surface area contributed by atoms with Gasteiger partial charge in [-0.25, -0.2) is 4.39 Å². The van der Waals surface area contributed by atoms with Crippen LogP contribution in [0.2, 0.25) is 0 Å². The standard InChI is InChI=1S/C14H21FN2O/c1-10(16)8-13(18)17-9-14(2,3)11-4-6-12(15)7-5-11/h4-7,10H,8-9,16H2,1-3H3,(H,17,18). The van der Waals surface area contributed by atoms with Crippen LogP contribution in [0.1, 0.15) is 32.8 Å². The van der Waals surface area contributed by atoms with Gasteiger partial charge in [-0.05, 0) is 24.6 Å². The molecule has 18 heavy (non-hydrogen) atoms. The van der Waals surface area contributed by atoms with E-state index in [2.05, 4.69) is 5.32 Å². The highest BCUT2D eigenvalue weighted by Crippen LogP contribution is 2.22. The largest absolute Gasteiger partial charge is 0.355 e. The Labute approximate surface area is 108 Å². The summed E-state index contributed by atoms with van der Waals surface area (Å²) in [5.41, 5.74) is 6.31. The Balaban J connectivity index is 2.59. The number of benzene rings is 1. The molecule has 1 aromatic carbocycles. The summed E-state index contributed by atoms with van der Waals surface area (Å²) >= 11 is 0. The zero-order valence-electron chi connectivity index (χ0n) is 11.2. The molecular weight excluding hydrogens is 231 g/mol. The zero-order chi connectivity index (χ0) is 13.8. The van der Waals surface area contributed by atoms with E-state index < -0.39 is 0 Å². The Morgan fingerprint density at radius 1 is 1.39 bits per heavy atom. The van der Waals surface area contributed by atoms with E-state index in [0.717, 1.165) is 5.56 Å². The van der Waals surface area contributed by atoms with Gasteiger partial charge in [0, 0.05) is 24.4 Å². The number of halogens is 1. The molecule has 3 N–H and O–H groups in total. The van der Waals surface area contributed by atoms with Crippen LogP contribution >= 0.6 is 0 Å². The van der Waals surface area contributed by atoms with Crippen LogP contribution in [-0.2, 0) is 10.2 Å². The molecule has 0 aliphatic rings. The number of hydrogen-bond acceptors (Lipinski definition) is 2. The van der Waals surface area contributed by atoms with Gasteiger partial charge in [0.15, 0.2) is 0 Å². The average molecular weight is 252 g/mol. The number of rotatable bonds is 5. The van der Waals surface area contributed by atoms with Crippen molar-refractivity contribution in [2.75, 3.05) is 6.54 Å². The highest BCUT2D eigenvalue weighted by molar-refractivity contribution is 5.76. The lowest BCUT2D eigenvalue weighted by atomic mass is 9.84. The van der Waals surface area contributed by atoms with Gasteiger partial charge in [-0.3, -0.25) is 4.79 Å². The van der Waals surface area contributed by atoms with Crippen molar-refractivity contribution < 1.29 is 9.18 Å². The molecule has 0 saturated heterocycles. The molecule has 0 aliphatic heterocycles. The van der Waals surface area contributed by atoms with Crippen LogP contribution in [-0.4, -0.2) is 18.5 Å². The van der Waals surface area contributed by atoms with E-state index in [1.807, 2.05) is 13.8 Å². The summed E-state index contributed by atoms with van der Waals surface area (Å²) in [5, 5.41) is 2.85. The van der Waals surface area contributed by atoms with Gasteiger partial charge in [0.2, 0.25) is 5.91 Å². The predicted octanol–water partition coefficient (Wildman–Crippen LogP) is 1.96. The number of amides is 1. The third-order valence-corrected chi connectivity index (χ3v) is 2.86. The molecule has 0 radical (unpaired) electrons. The molecular formula is C14H21FN2O. The number of carbonyl (C=O) groups is 1. The minimum atomic E-state index is -0.254. The quantitative estimate of drug-likeness (QED) is 0.841. The van der Waals surface area contributed by atoms with Gasteiger partial charge < -0.3 is 11.1 Å². The van der Waals surface area contributed by atoms with Gasteiger partial charge in [-0.2, -0.15) is 0 Å². The van der Waals surface area contributed by atoms with Gasteiger partial charge in [0.25, 0.3) is 0 Å². The normalized spacial score (nSPS) is 13.2. The van der Waals surface area contributed by atoms with E-state index in [-0.39, 0.29) is 23.2 Å². The first-order valence-corrected chi connectivity index (χ1v) is 6.09. The van der Waals surface area contributed by atoms with Crippen molar-refractivity contribution in [3.63, 3.8) is 0 Å². The summed E-state index contributed by atoms with van der Waals surface area (Å²) < 4.78 is 12.8. The lowest BCUT2D eigenvalue weighted by molar-refractivity contribution is -0.121. The first kappa shape index (κ1) is 14.6. The monoisotopic (exact) mass is 252 g/mol. The summed E-state index contributed by atoms with van der Waals surface area (Å²) in [5.74, 6) is -0.310. The fraction of sp³-hybridized carbons (Fsp3) is 0.500. The van der Waals surface area contributed by atoms with Crippen molar-refractivity contribution in [3.05, 3.63) is 35.6 Å². The summed E-state index contributed by atoms with van der Waals surface area (Å²) in [6, 6.07) is 6.21.